The SMILES string of the molecule is N#Cc1ccc(NCCC(=O)NC2CCCCCC2)cc1. The molecule has 1 saturated carbocycles. The zero-order chi connectivity index (χ0) is 14.9. The van der Waals surface area contributed by atoms with E-state index in [0.29, 0.717) is 24.6 Å². The second kappa shape index (κ2) is 8.31. The summed E-state index contributed by atoms with van der Waals surface area (Å²) in [6, 6.07) is 9.73. The Morgan fingerprint density at radius 3 is 2.43 bits per heavy atom. The summed E-state index contributed by atoms with van der Waals surface area (Å²) in [7, 11) is 0. The molecule has 1 aliphatic rings. The lowest BCUT2D eigenvalue weighted by molar-refractivity contribution is -0.121. The molecule has 0 spiro atoms. The van der Waals surface area contributed by atoms with Crippen molar-refractivity contribution < 1.29 is 4.79 Å². The quantitative estimate of drug-likeness (QED) is 0.816. The molecule has 21 heavy (non-hydrogen) atoms. The largest absolute Gasteiger partial charge is 0.385 e. The normalized spacial score (nSPS) is 15.8. The van der Waals surface area contributed by atoms with Gasteiger partial charge in [-0.05, 0) is 37.1 Å². The number of benzene rings is 1. The molecule has 0 aromatic heterocycles. The van der Waals surface area contributed by atoms with Crippen LogP contribution in [0.3, 0.4) is 0 Å². The molecule has 2 N–H and O–H groups in total. The fourth-order valence-corrected chi connectivity index (χ4v) is 2.71. The second-order valence-corrected chi connectivity index (χ2v) is 5.62. The Balaban J connectivity index is 1.67. The minimum Gasteiger partial charge on any atom is -0.385 e. The summed E-state index contributed by atoms with van der Waals surface area (Å²) in [5.74, 6) is 0.128. The molecule has 4 heteroatoms. The molecule has 1 aromatic carbocycles. The fraction of sp³-hybridized carbons (Fsp3) is 0.529. The first-order chi connectivity index (χ1) is 10.3. The molecule has 0 saturated heterocycles. The molecule has 1 fully saturated rings. The third-order valence-electron chi connectivity index (χ3n) is 3.92. The summed E-state index contributed by atoms with van der Waals surface area (Å²) >= 11 is 0. The first-order valence-corrected chi connectivity index (χ1v) is 7.81. The zero-order valence-corrected chi connectivity index (χ0v) is 12.4. The summed E-state index contributed by atoms with van der Waals surface area (Å²) in [6.45, 7) is 0.616. The van der Waals surface area contributed by atoms with E-state index in [4.69, 9.17) is 5.26 Å². The van der Waals surface area contributed by atoms with Gasteiger partial charge in [-0.2, -0.15) is 5.26 Å². The number of hydrogen-bond acceptors (Lipinski definition) is 3. The van der Waals surface area contributed by atoms with E-state index in [1.165, 1.54) is 25.7 Å². The molecule has 0 atom stereocenters. The Labute approximate surface area is 126 Å². The van der Waals surface area contributed by atoms with Crippen LogP contribution in [0.5, 0.6) is 0 Å². The molecular weight excluding hydrogens is 262 g/mol. The van der Waals surface area contributed by atoms with Crippen molar-refractivity contribution in [2.75, 3.05) is 11.9 Å². The van der Waals surface area contributed by atoms with Crippen LogP contribution >= 0.6 is 0 Å². The van der Waals surface area contributed by atoms with Crippen LogP contribution in [0.4, 0.5) is 5.69 Å². The number of carbonyl (C=O) groups is 1. The molecule has 1 aromatic rings. The van der Waals surface area contributed by atoms with Crippen molar-refractivity contribution in [3.63, 3.8) is 0 Å². The third kappa shape index (κ3) is 5.47. The standard InChI is InChI=1S/C17H23N3O/c18-13-14-7-9-15(10-8-14)19-12-11-17(21)20-16-5-3-1-2-4-6-16/h7-10,16,19H,1-6,11-12H2,(H,20,21). The molecule has 0 bridgehead atoms. The number of amides is 1. The highest BCUT2D eigenvalue weighted by Gasteiger charge is 2.14. The number of nitriles is 1. The van der Waals surface area contributed by atoms with Gasteiger partial charge in [-0.25, -0.2) is 0 Å². The summed E-state index contributed by atoms with van der Waals surface area (Å²) < 4.78 is 0. The molecule has 1 aliphatic carbocycles. The highest BCUT2D eigenvalue weighted by Crippen LogP contribution is 2.17. The monoisotopic (exact) mass is 285 g/mol. The first-order valence-electron chi connectivity index (χ1n) is 7.81. The van der Waals surface area contributed by atoms with Crippen LogP contribution in [0.1, 0.15) is 50.5 Å². The third-order valence-corrected chi connectivity index (χ3v) is 3.92. The van der Waals surface area contributed by atoms with Gasteiger partial charge in [0.15, 0.2) is 0 Å². The van der Waals surface area contributed by atoms with Gasteiger partial charge in [0.2, 0.25) is 5.91 Å². The van der Waals surface area contributed by atoms with Gasteiger partial charge in [-0.3, -0.25) is 4.79 Å². The number of nitrogens with zero attached hydrogens (tertiary/aromatic N) is 1. The van der Waals surface area contributed by atoms with E-state index in [0.717, 1.165) is 18.5 Å². The Hall–Kier alpha value is -2.02. The lowest BCUT2D eigenvalue weighted by Crippen LogP contribution is -2.35. The molecular formula is C17H23N3O. The van der Waals surface area contributed by atoms with Crippen LogP contribution in [-0.2, 0) is 4.79 Å². The average molecular weight is 285 g/mol. The van der Waals surface area contributed by atoms with E-state index in [2.05, 4.69) is 16.7 Å². The maximum Gasteiger partial charge on any atom is 0.221 e. The van der Waals surface area contributed by atoms with Crippen molar-refractivity contribution in [1.82, 2.24) is 5.32 Å². The van der Waals surface area contributed by atoms with E-state index in [1.807, 2.05) is 12.1 Å². The number of rotatable bonds is 5. The highest BCUT2D eigenvalue weighted by atomic mass is 16.1. The van der Waals surface area contributed by atoms with Crippen molar-refractivity contribution in [3.05, 3.63) is 29.8 Å². The summed E-state index contributed by atoms with van der Waals surface area (Å²) in [5, 5.41) is 15.1. The molecule has 4 nitrogen and oxygen atoms in total. The van der Waals surface area contributed by atoms with Gasteiger partial charge in [-0.1, -0.05) is 25.7 Å². The second-order valence-electron chi connectivity index (χ2n) is 5.62. The van der Waals surface area contributed by atoms with Crippen LogP contribution in [0, 0.1) is 11.3 Å². The predicted octanol–water partition coefficient (Wildman–Crippen LogP) is 3.20. The Kier molecular flexibility index (Phi) is 6.08. The van der Waals surface area contributed by atoms with Gasteiger partial charge in [0.05, 0.1) is 11.6 Å². The Bertz CT molecular complexity index is 482. The first kappa shape index (κ1) is 15.4. The van der Waals surface area contributed by atoms with Gasteiger partial charge in [0, 0.05) is 24.7 Å². The van der Waals surface area contributed by atoms with Crippen molar-refractivity contribution in [2.45, 2.75) is 51.0 Å². The maximum atomic E-state index is 11.9. The molecule has 0 heterocycles. The van der Waals surface area contributed by atoms with E-state index in [9.17, 15) is 4.79 Å². The van der Waals surface area contributed by atoms with Gasteiger partial charge >= 0.3 is 0 Å². The van der Waals surface area contributed by atoms with Gasteiger partial charge in [0.25, 0.3) is 0 Å². The predicted molar refractivity (Wildman–Crippen MR) is 83.9 cm³/mol. The summed E-state index contributed by atoms with van der Waals surface area (Å²) in [5.41, 5.74) is 1.59. The van der Waals surface area contributed by atoms with Gasteiger partial charge in [0.1, 0.15) is 0 Å². The van der Waals surface area contributed by atoms with Crippen molar-refractivity contribution >= 4 is 11.6 Å². The Morgan fingerprint density at radius 1 is 1.14 bits per heavy atom. The topological polar surface area (TPSA) is 64.9 Å². The minimum atomic E-state index is 0.128. The lowest BCUT2D eigenvalue weighted by Gasteiger charge is -2.16. The van der Waals surface area contributed by atoms with Gasteiger partial charge in [-0.15, -0.1) is 0 Å². The van der Waals surface area contributed by atoms with Crippen LogP contribution in [-0.4, -0.2) is 18.5 Å². The Morgan fingerprint density at radius 2 is 1.81 bits per heavy atom. The number of carbonyl (C=O) groups excluding carboxylic acids is 1. The number of anilines is 1. The van der Waals surface area contributed by atoms with Crippen molar-refractivity contribution in [3.8, 4) is 6.07 Å². The number of hydrogen-bond donors (Lipinski definition) is 2. The molecule has 2 rings (SSSR count). The summed E-state index contributed by atoms with van der Waals surface area (Å²) in [6.07, 6.45) is 7.78. The number of nitrogens with one attached hydrogen (secondary N) is 2. The smallest absolute Gasteiger partial charge is 0.221 e. The van der Waals surface area contributed by atoms with Crippen molar-refractivity contribution in [1.29, 1.82) is 5.26 Å². The molecule has 112 valence electrons. The molecule has 0 aliphatic heterocycles. The van der Waals surface area contributed by atoms with E-state index >= 15 is 0 Å². The maximum absolute atomic E-state index is 11.9. The van der Waals surface area contributed by atoms with Crippen LogP contribution in [0.25, 0.3) is 0 Å². The van der Waals surface area contributed by atoms with E-state index in [1.54, 1.807) is 12.1 Å². The zero-order valence-electron chi connectivity index (χ0n) is 12.4. The average Bonchev–Trinajstić information content (AvgIpc) is 2.76. The van der Waals surface area contributed by atoms with E-state index in [-0.39, 0.29) is 5.91 Å². The summed E-state index contributed by atoms with van der Waals surface area (Å²) in [4.78, 5) is 11.9. The fourth-order valence-electron chi connectivity index (χ4n) is 2.71. The van der Waals surface area contributed by atoms with Crippen LogP contribution in [0.2, 0.25) is 0 Å². The molecule has 0 unspecified atom stereocenters. The van der Waals surface area contributed by atoms with Gasteiger partial charge < -0.3 is 10.6 Å². The van der Waals surface area contributed by atoms with Crippen LogP contribution in [0.15, 0.2) is 24.3 Å². The molecule has 1 amide bonds. The van der Waals surface area contributed by atoms with Crippen molar-refractivity contribution in [2.24, 2.45) is 0 Å². The molecule has 0 radical (unpaired) electrons. The lowest BCUT2D eigenvalue weighted by atomic mass is 10.1. The van der Waals surface area contributed by atoms with E-state index < -0.39 is 0 Å². The highest BCUT2D eigenvalue weighted by molar-refractivity contribution is 5.76. The van der Waals surface area contributed by atoms with Crippen LogP contribution < -0.4 is 10.6 Å². The minimum absolute atomic E-state index is 0.128.